The Labute approximate surface area is 134 Å². The maximum absolute atomic E-state index is 4.78. The molecule has 1 N–H and O–H groups in total. The molecule has 0 aliphatic heterocycles. The zero-order valence-corrected chi connectivity index (χ0v) is 13.1. The Kier molecular flexibility index (Phi) is 3.54. The number of aromatic amines is 1. The van der Waals surface area contributed by atoms with Crippen molar-refractivity contribution in [3.05, 3.63) is 54.4 Å². The molecule has 23 heavy (non-hydrogen) atoms. The summed E-state index contributed by atoms with van der Waals surface area (Å²) in [4.78, 5) is 8.24. The van der Waals surface area contributed by atoms with E-state index in [4.69, 9.17) is 4.98 Å². The third-order valence-corrected chi connectivity index (χ3v) is 4.23. The van der Waals surface area contributed by atoms with Crippen molar-refractivity contribution in [2.24, 2.45) is 0 Å². The SMILES string of the molecule is CCCCC(c1nc2ccccc2[nH]1)n1nnc2ccccc21. The molecule has 0 saturated carbocycles. The van der Waals surface area contributed by atoms with E-state index in [9.17, 15) is 0 Å². The summed E-state index contributed by atoms with van der Waals surface area (Å²) in [6, 6.07) is 16.3. The third-order valence-electron chi connectivity index (χ3n) is 4.23. The Morgan fingerprint density at radius 2 is 1.83 bits per heavy atom. The highest BCUT2D eigenvalue weighted by atomic mass is 15.4. The van der Waals surface area contributed by atoms with E-state index in [0.717, 1.165) is 47.2 Å². The monoisotopic (exact) mass is 305 g/mol. The third kappa shape index (κ3) is 2.48. The first-order chi connectivity index (χ1) is 11.4. The van der Waals surface area contributed by atoms with Gasteiger partial charge in [0.15, 0.2) is 0 Å². The number of unbranched alkanes of at least 4 members (excludes halogenated alkanes) is 1. The van der Waals surface area contributed by atoms with E-state index < -0.39 is 0 Å². The normalized spacial score (nSPS) is 12.9. The zero-order valence-electron chi connectivity index (χ0n) is 13.1. The number of H-pyrrole nitrogens is 1. The molecule has 1 atom stereocenters. The van der Waals surface area contributed by atoms with Crippen LogP contribution < -0.4 is 0 Å². The minimum absolute atomic E-state index is 0.0785. The van der Waals surface area contributed by atoms with E-state index in [2.05, 4.69) is 34.4 Å². The Balaban J connectivity index is 1.83. The summed E-state index contributed by atoms with van der Waals surface area (Å²) >= 11 is 0. The molecular weight excluding hydrogens is 286 g/mol. The van der Waals surface area contributed by atoms with E-state index >= 15 is 0 Å². The second kappa shape index (κ2) is 5.83. The van der Waals surface area contributed by atoms with Crippen LogP contribution >= 0.6 is 0 Å². The summed E-state index contributed by atoms with van der Waals surface area (Å²) in [6.45, 7) is 2.20. The van der Waals surface area contributed by atoms with Gasteiger partial charge in [-0.15, -0.1) is 5.10 Å². The van der Waals surface area contributed by atoms with Crippen molar-refractivity contribution in [3.63, 3.8) is 0 Å². The van der Waals surface area contributed by atoms with Gasteiger partial charge in [-0.25, -0.2) is 9.67 Å². The molecule has 5 heteroatoms. The van der Waals surface area contributed by atoms with Crippen LogP contribution in [0, 0.1) is 0 Å². The van der Waals surface area contributed by atoms with Crippen molar-refractivity contribution < 1.29 is 0 Å². The van der Waals surface area contributed by atoms with Crippen molar-refractivity contribution in [1.29, 1.82) is 0 Å². The summed E-state index contributed by atoms with van der Waals surface area (Å²) in [5.74, 6) is 0.954. The fraction of sp³-hybridized carbons (Fsp3) is 0.278. The van der Waals surface area contributed by atoms with Crippen molar-refractivity contribution in [2.75, 3.05) is 0 Å². The summed E-state index contributed by atoms with van der Waals surface area (Å²) in [5, 5.41) is 8.70. The van der Waals surface area contributed by atoms with E-state index in [-0.39, 0.29) is 6.04 Å². The molecule has 0 saturated heterocycles. The van der Waals surface area contributed by atoms with Gasteiger partial charge in [0.25, 0.3) is 0 Å². The van der Waals surface area contributed by atoms with Gasteiger partial charge in [0.2, 0.25) is 0 Å². The van der Waals surface area contributed by atoms with Gasteiger partial charge in [-0.1, -0.05) is 49.2 Å². The van der Waals surface area contributed by atoms with E-state index in [0.29, 0.717) is 0 Å². The summed E-state index contributed by atoms with van der Waals surface area (Å²) < 4.78 is 2.00. The van der Waals surface area contributed by atoms with Crippen LogP contribution in [0.1, 0.15) is 38.1 Å². The Hall–Kier alpha value is -2.69. The van der Waals surface area contributed by atoms with Gasteiger partial charge in [0.1, 0.15) is 17.4 Å². The minimum Gasteiger partial charge on any atom is -0.340 e. The molecule has 0 spiro atoms. The number of para-hydroxylation sites is 3. The van der Waals surface area contributed by atoms with Crippen LogP contribution in [0.4, 0.5) is 0 Å². The molecule has 4 aromatic rings. The number of benzene rings is 2. The largest absolute Gasteiger partial charge is 0.340 e. The number of rotatable bonds is 5. The molecule has 0 amide bonds. The quantitative estimate of drug-likeness (QED) is 0.604. The smallest absolute Gasteiger partial charge is 0.132 e. The second-order valence-corrected chi connectivity index (χ2v) is 5.82. The van der Waals surface area contributed by atoms with Crippen LogP contribution in [0.15, 0.2) is 48.5 Å². The maximum Gasteiger partial charge on any atom is 0.132 e. The topological polar surface area (TPSA) is 59.4 Å². The van der Waals surface area contributed by atoms with E-state index in [1.165, 1.54) is 0 Å². The number of nitrogens with zero attached hydrogens (tertiary/aromatic N) is 4. The molecule has 0 fully saturated rings. The van der Waals surface area contributed by atoms with Crippen molar-refractivity contribution in [1.82, 2.24) is 25.0 Å². The first-order valence-corrected chi connectivity index (χ1v) is 8.11. The maximum atomic E-state index is 4.78. The minimum atomic E-state index is 0.0785. The van der Waals surface area contributed by atoms with E-state index in [1.807, 2.05) is 41.1 Å². The van der Waals surface area contributed by atoms with Crippen LogP contribution in [0.5, 0.6) is 0 Å². The molecule has 0 radical (unpaired) electrons. The van der Waals surface area contributed by atoms with Crippen LogP contribution in [-0.4, -0.2) is 25.0 Å². The number of hydrogen-bond donors (Lipinski definition) is 1. The van der Waals surface area contributed by atoms with Crippen LogP contribution in [0.3, 0.4) is 0 Å². The second-order valence-electron chi connectivity index (χ2n) is 5.82. The lowest BCUT2D eigenvalue weighted by Crippen LogP contribution is -2.14. The lowest BCUT2D eigenvalue weighted by Gasteiger charge is -2.15. The fourth-order valence-corrected chi connectivity index (χ4v) is 3.02. The molecule has 4 rings (SSSR count). The van der Waals surface area contributed by atoms with Gasteiger partial charge in [0, 0.05) is 0 Å². The number of hydrogen-bond acceptors (Lipinski definition) is 3. The number of aromatic nitrogens is 5. The lowest BCUT2D eigenvalue weighted by atomic mass is 10.1. The summed E-state index contributed by atoms with van der Waals surface area (Å²) in [6.07, 6.45) is 3.25. The zero-order chi connectivity index (χ0) is 15.6. The van der Waals surface area contributed by atoms with Crippen LogP contribution in [0.2, 0.25) is 0 Å². The lowest BCUT2D eigenvalue weighted by molar-refractivity contribution is 0.456. The van der Waals surface area contributed by atoms with Crippen molar-refractivity contribution in [2.45, 2.75) is 32.2 Å². The average Bonchev–Trinajstić information content (AvgIpc) is 3.20. The Morgan fingerprint density at radius 1 is 1.04 bits per heavy atom. The predicted molar refractivity (Wildman–Crippen MR) is 91.3 cm³/mol. The van der Waals surface area contributed by atoms with Gasteiger partial charge < -0.3 is 4.98 Å². The molecule has 0 aliphatic rings. The van der Waals surface area contributed by atoms with Gasteiger partial charge >= 0.3 is 0 Å². The van der Waals surface area contributed by atoms with E-state index in [1.54, 1.807) is 0 Å². The molecule has 1 unspecified atom stereocenters. The van der Waals surface area contributed by atoms with Gasteiger partial charge in [-0.05, 0) is 30.7 Å². The highest BCUT2D eigenvalue weighted by molar-refractivity contribution is 5.76. The molecule has 5 nitrogen and oxygen atoms in total. The average molecular weight is 305 g/mol. The molecule has 2 heterocycles. The highest BCUT2D eigenvalue weighted by Crippen LogP contribution is 2.26. The molecule has 0 bridgehead atoms. The first kappa shape index (κ1) is 13.9. The van der Waals surface area contributed by atoms with Crippen LogP contribution in [0.25, 0.3) is 22.1 Å². The van der Waals surface area contributed by atoms with Gasteiger partial charge in [0.05, 0.1) is 16.6 Å². The number of fused-ring (bicyclic) bond motifs is 2. The standard InChI is InChI=1S/C18H19N5/c1-2-3-11-17(18-19-13-8-4-5-9-14(13)20-18)23-16-12-7-6-10-15(16)21-22-23/h4-10,12,17H,2-3,11H2,1H3,(H,19,20). The van der Waals surface area contributed by atoms with Crippen molar-refractivity contribution in [3.8, 4) is 0 Å². The first-order valence-electron chi connectivity index (χ1n) is 8.11. The summed E-state index contributed by atoms with van der Waals surface area (Å²) in [5.41, 5.74) is 4.03. The number of imidazole rings is 1. The molecule has 116 valence electrons. The van der Waals surface area contributed by atoms with Crippen molar-refractivity contribution >= 4 is 22.1 Å². The predicted octanol–water partition coefficient (Wildman–Crippen LogP) is 4.09. The van der Waals surface area contributed by atoms with Gasteiger partial charge in [-0.3, -0.25) is 0 Å². The van der Waals surface area contributed by atoms with Gasteiger partial charge in [-0.2, -0.15) is 0 Å². The Morgan fingerprint density at radius 3 is 2.65 bits per heavy atom. The number of nitrogens with one attached hydrogen (secondary N) is 1. The Bertz CT molecular complexity index is 904. The summed E-state index contributed by atoms with van der Waals surface area (Å²) in [7, 11) is 0. The van der Waals surface area contributed by atoms with Crippen LogP contribution in [-0.2, 0) is 0 Å². The molecular formula is C18H19N5. The molecule has 2 aromatic carbocycles. The highest BCUT2D eigenvalue weighted by Gasteiger charge is 2.20. The molecule has 2 aromatic heterocycles. The fourth-order valence-electron chi connectivity index (χ4n) is 3.02. The molecule has 0 aliphatic carbocycles.